The van der Waals surface area contributed by atoms with Crippen LogP contribution in [0.25, 0.3) is 0 Å². The molecule has 0 aromatic heterocycles. The number of rotatable bonds is 8. The Hall–Kier alpha value is -2.49. The number of hydrogen-bond acceptors (Lipinski definition) is 6. The highest BCUT2D eigenvalue weighted by Gasteiger charge is 2.41. The van der Waals surface area contributed by atoms with Gasteiger partial charge in [0.15, 0.2) is 9.84 Å². The molecule has 1 aliphatic rings. The lowest BCUT2D eigenvalue weighted by Gasteiger charge is -2.36. The first kappa shape index (κ1) is 22.8. The quantitative estimate of drug-likeness (QED) is 0.373. The second-order valence-electron chi connectivity index (χ2n) is 7.45. The lowest BCUT2D eigenvalue weighted by Crippen LogP contribution is -2.59. The van der Waals surface area contributed by atoms with E-state index in [1.54, 1.807) is 0 Å². The molecule has 2 N–H and O–H groups in total. The zero-order valence-corrected chi connectivity index (χ0v) is 17.5. The summed E-state index contributed by atoms with van der Waals surface area (Å²) < 4.78 is 23.7. The number of sulfone groups is 1. The maximum absolute atomic E-state index is 12.9. The fraction of sp³-hybridized carbons (Fsp3) is 0.579. The van der Waals surface area contributed by atoms with E-state index >= 15 is 0 Å². The average Bonchev–Trinajstić information content (AvgIpc) is 2.67. The SMILES string of the molecule is CCCCNC(=O)C1(NC(=O)c2cc([N+](=O)[O-])cc(S(C)(=O)=O)c2)CCCCC1. The number of nitrogens with zero attached hydrogens (tertiary/aromatic N) is 1. The smallest absolute Gasteiger partial charge is 0.271 e. The average molecular weight is 426 g/mol. The highest BCUT2D eigenvalue weighted by Crippen LogP contribution is 2.29. The van der Waals surface area contributed by atoms with Gasteiger partial charge in [-0.25, -0.2) is 8.42 Å². The monoisotopic (exact) mass is 425 g/mol. The molecule has 2 amide bonds. The Morgan fingerprint density at radius 1 is 1.17 bits per heavy atom. The summed E-state index contributed by atoms with van der Waals surface area (Å²) >= 11 is 0. The van der Waals surface area contributed by atoms with Crippen molar-refractivity contribution in [1.82, 2.24) is 10.6 Å². The molecule has 1 aromatic carbocycles. The molecule has 1 saturated carbocycles. The van der Waals surface area contributed by atoms with Crippen molar-refractivity contribution < 1.29 is 22.9 Å². The molecule has 9 nitrogen and oxygen atoms in total. The predicted molar refractivity (Wildman–Crippen MR) is 107 cm³/mol. The van der Waals surface area contributed by atoms with E-state index in [1.165, 1.54) is 0 Å². The third kappa shape index (κ3) is 5.75. The molecule has 10 heteroatoms. The lowest BCUT2D eigenvalue weighted by atomic mass is 9.80. The minimum absolute atomic E-state index is 0.161. The van der Waals surface area contributed by atoms with Gasteiger partial charge in [0, 0.05) is 30.5 Å². The highest BCUT2D eigenvalue weighted by molar-refractivity contribution is 7.90. The van der Waals surface area contributed by atoms with Crippen LogP contribution in [0.15, 0.2) is 23.1 Å². The van der Waals surface area contributed by atoms with Crippen LogP contribution in [-0.4, -0.2) is 43.5 Å². The van der Waals surface area contributed by atoms with Crippen molar-refractivity contribution in [1.29, 1.82) is 0 Å². The highest BCUT2D eigenvalue weighted by atomic mass is 32.2. The third-order valence-electron chi connectivity index (χ3n) is 5.10. The zero-order valence-electron chi connectivity index (χ0n) is 16.7. The predicted octanol–water partition coefficient (Wildman–Crippen LogP) is 2.35. The number of nitrogens with one attached hydrogen (secondary N) is 2. The van der Waals surface area contributed by atoms with Crippen LogP contribution in [0.2, 0.25) is 0 Å². The van der Waals surface area contributed by atoms with Gasteiger partial charge in [-0.15, -0.1) is 0 Å². The Morgan fingerprint density at radius 3 is 2.38 bits per heavy atom. The largest absolute Gasteiger partial charge is 0.354 e. The van der Waals surface area contributed by atoms with Crippen molar-refractivity contribution in [2.24, 2.45) is 0 Å². The van der Waals surface area contributed by atoms with Gasteiger partial charge in [0.05, 0.1) is 9.82 Å². The van der Waals surface area contributed by atoms with Crippen molar-refractivity contribution in [2.75, 3.05) is 12.8 Å². The number of unbranched alkanes of at least 4 members (excludes halogenated alkanes) is 1. The summed E-state index contributed by atoms with van der Waals surface area (Å²) in [4.78, 5) is 35.8. The van der Waals surface area contributed by atoms with Gasteiger partial charge in [0.2, 0.25) is 5.91 Å². The molecule has 2 rings (SSSR count). The van der Waals surface area contributed by atoms with Gasteiger partial charge < -0.3 is 10.6 Å². The van der Waals surface area contributed by atoms with Crippen molar-refractivity contribution in [3.8, 4) is 0 Å². The summed E-state index contributed by atoms with van der Waals surface area (Å²) in [5.41, 5.74) is -1.76. The van der Waals surface area contributed by atoms with Gasteiger partial charge in [-0.1, -0.05) is 32.6 Å². The van der Waals surface area contributed by atoms with E-state index in [0.717, 1.165) is 56.6 Å². The topological polar surface area (TPSA) is 135 Å². The van der Waals surface area contributed by atoms with Gasteiger partial charge in [-0.2, -0.15) is 0 Å². The van der Waals surface area contributed by atoms with Crippen molar-refractivity contribution in [2.45, 2.75) is 62.3 Å². The molecule has 1 fully saturated rings. The van der Waals surface area contributed by atoms with E-state index < -0.39 is 31.9 Å². The number of nitro groups is 1. The van der Waals surface area contributed by atoms with Crippen molar-refractivity contribution in [3.63, 3.8) is 0 Å². The maximum atomic E-state index is 12.9. The van der Waals surface area contributed by atoms with E-state index in [-0.39, 0.29) is 16.4 Å². The molecule has 0 aliphatic heterocycles. The third-order valence-corrected chi connectivity index (χ3v) is 6.19. The molecular formula is C19H27N3O6S. The Bertz CT molecular complexity index is 891. The van der Waals surface area contributed by atoms with Gasteiger partial charge in [-0.05, 0) is 25.3 Å². The molecule has 0 unspecified atom stereocenters. The second-order valence-corrected chi connectivity index (χ2v) is 9.47. The fourth-order valence-corrected chi connectivity index (χ4v) is 4.11. The number of amides is 2. The molecule has 29 heavy (non-hydrogen) atoms. The Labute approximate surface area is 170 Å². The van der Waals surface area contributed by atoms with Crippen LogP contribution >= 0.6 is 0 Å². The van der Waals surface area contributed by atoms with Crippen LogP contribution in [0.1, 0.15) is 62.2 Å². The van der Waals surface area contributed by atoms with Crippen LogP contribution in [0.4, 0.5) is 5.69 Å². The van der Waals surface area contributed by atoms with Gasteiger partial charge in [0.25, 0.3) is 11.6 Å². The van der Waals surface area contributed by atoms with Crippen molar-refractivity contribution >= 4 is 27.3 Å². The number of hydrogen-bond donors (Lipinski definition) is 2. The molecule has 0 saturated heterocycles. The molecule has 0 heterocycles. The van der Waals surface area contributed by atoms with Gasteiger partial charge >= 0.3 is 0 Å². The Morgan fingerprint density at radius 2 is 1.83 bits per heavy atom. The van der Waals surface area contributed by atoms with E-state index in [0.29, 0.717) is 19.4 Å². The number of non-ortho nitro benzene ring substituents is 1. The first-order valence-corrected chi connectivity index (χ1v) is 11.6. The Kier molecular flexibility index (Phi) is 7.34. The standard InChI is InChI=1S/C19H27N3O6S/c1-3-4-10-20-18(24)19(8-6-5-7-9-19)21-17(23)14-11-15(22(25)26)13-16(12-14)29(2,27)28/h11-13H,3-10H2,1-2H3,(H,20,24)(H,21,23). The normalized spacial score (nSPS) is 16.1. The minimum atomic E-state index is -3.76. The van der Waals surface area contributed by atoms with Gasteiger partial charge in [0.1, 0.15) is 5.54 Å². The second kappa shape index (κ2) is 9.34. The summed E-state index contributed by atoms with van der Waals surface area (Å²) in [6, 6.07) is 3.04. The molecule has 1 aromatic rings. The molecule has 0 spiro atoms. The van der Waals surface area contributed by atoms with Crippen LogP contribution < -0.4 is 10.6 Å². The number of carbonyl (C=O) groups is 2. The fourth-order valence-electron chi connectivity index (χ4n) is 3.44. The van der Waals surface area contributed by atoms with Crippen LogP contribution in [0.5, 0.6) is 0 Å². The molecule has 0 atom stereocenters. The molecule has 1 aliphatic carbocycles. The van der Waals surface area contributed by atoms with E-state index in [2.05, 4.69) is 10.6 Å². The number of nitro benzene ring substituents is 1. The first-order valence-electron chi connectivity index (χ1n) is 9.69. The number of carbonyl (C=O) groups excluding carboxylic acids is 2. The van der Waals surface area contributed by atoms with Crippen molar-refractivity contribution in [3.05, 3.63) is 33.9 Å². The van der Waals surface area contributed by atoms with Crippen LogP contribution in [0.3, 0.4) is 0 Å². The Balaban J connectivity index is 2.35. The maximum Gasteiger partial charge on any atom is 0.271 e. The summed E-state index contributed by atoms with van der Waals surface area (Å²) in [5.74, 6) is -0.973. The van der Waals surface area contributed by atoms with E-state index in [9.17, 15) is 28.1 Å². The van der Waals surface area contributed by atoms with Crippen LogP contribution in [-0.2, 0) is 14.6 Å². The van der Waals surface area contributed by atoms with E-state index in [4.69, 9.17) is 0 Å². The van der Waals surface area contributed by atoms with E-state index in [1.807, 2.05) is 6.92 Å². The summed E-state index contributed by atoms with van der Waals surface area (Å²) in [6.45, 7) is 2.51. The minimum Gasteiger partial charge on any atom is -0.354 e. The molecule has 0 radical (unpaired) electrons. The van der Waals surface area contributed by atoms with Crippen LogP contribution in [0, 0.1) is 10.1 Å². The lowest BCUT2D eigenvalue weighted by molar-refractivity contribution is -0.385. The first-order chi connectivity index (χ1) is 13.6. The molecular weight excluding hydrogens is 398 g/mol. The summed E-state index contributed by atoms with van der Waals surface area (Å²) in [5, 5.41) is 16.8. The summed E-state index contributed by atoms with van der Waals surface area (Å²) in [7, 11) is -3.76. The molecule has 0 bridgehead atoms. The number of benzene rings is 1. The summed E-state index contributed by atoms with van der Waals surface area (Å²) in [6.07, 6.45) is 6.07. The van der Waals surface area contributed by atoms with Gasteiger partial charge in [-0.3, -0.25) is 19.7 Å². The zero-order chi connectivity index (χ0) is 21.7. The molecule has 160 valence electrons.